The Kier molecular flexibility index (Phi) is 4.68. The van der Waals surface area contributed by atoms with Gasteiger partial charge in [-0.15, -0.1) is 0 Å². The number of para-hydroxylation sites is 1. The van der Waals surface area contributed by atoms with Crippen LogP contribution in [0, 0.1) is 4.77 Å². The highest BCUT2D eigenvalue weighted by Crippen LogP contribution is 2.29. The third kappa shape index (κ3) is 3.46. The lowest BCUT2D eigenvalue weighted by Gasteiger charge is -2.09. The maximum absolute atomic E-state index is 12.7. The highest BCUT2D eigenvalue weighted by molar-refractivity contribution is 7.71. The van der Waals surface area contributed by atoms with Crippen molar-refractivity contribution in [1.82, 2.24) is 14.9 Å². The zero-order valence-electron chi connectivity index (χ0n) is 14.5. The summed E-state index contributed by atoms with van der Waals surface area (Å²) in [6, 6.07) is 16.8. The first-order valence-corrected chi connectivity index (χ1v) is 9.17. The molecule has 2 heterocycles. The second-order valence-electron chi connectivity index (χ2n) is 6.43. The van der Waals surface area contributed by atoms with Crippen LogP contribution in [0.3, 0.4) is 0 Å². The Hall–Kier alpha value is -3.06. The van der Waals surface area contributed by atoms with E-state index >= 15 is 0 Å². The topological polar surface area (TPSA) is 76.0 Å². The van der Waals surface area contributed by atoms with Gasteiger partial charge in [-0.3, -0.25) is 9.59 Å². The minimum Gasteiger partial charge on any atom is -0.359 e. The average molecular weight is 378 g/mol. The summed E-state index contributed by atoms with van der Waals surface area (Å²) in [5, 5.41) is 6.95. The van der Waals surface area contributed by atoms with Crippen LogP contribution in [0.25, 0.3) is 10.9 Å². The van der Waals surface area contributed by atoms with Gasteiger partial charge in [0.2, 0.25) is 10.7 Å². The van der Waals surface area contributed by atoms with Crippen molar-refractivity contribution in [3.8, 4) is 0 Å². The fourth-order valence-electron chi connectivity index (χ4n) is 3.23. The molecule has 0 unspecified atom stereocenters. The Labute approximate surface area is 161 Å². The maximum Gasteiger partial charge on any atom is 0.257 e. The number of hydrogen-bond acceptors (Lipinski definition) is 5. The van der Waals surface area contributed by atoms with Gasteiger partial charge in [0.15, 0.2) is 0 Å². The first-order valence-electron chi connectivity index (χ1n) is 8.76. The van der Waals surface area contributed by atoms with E-state index in [-0.39, 0.29) is 23.0 Å². The van der Waals surface area contributed by atoms with Crippen molar-refractivity contribution in [3.05, 3.63) is 64.9 Å². The largest absolute Gasteiger partial charge is 0.359 e. The fourth-order valence-corrected chi connectivity index (χ4v) is 3.51. The molecule has 0 saturated heterocycles. The first kappa shape index (κ1) is 17.4. The van der Waals surface area contributed by atoms with E-state index in [1.54, 1.807) is 0 Å². The van der Waals surface area contributed by atoms with E-state index in [0.29, 0.717) is 18.8 Å². The van der Waals surface area contributed by atoms with Crippen molar-refractivity contribution in [1.29, 1.82) is 0 Å². The highest BCUT2D eigenvalue weighted by Gasteiger charge is 2.31. The van der Waals surface area contributed by atoms with Crippen molar-refractivity contribution >= 4 is 40.8 Å². The van der Waals surface area contributed by atoms with Crippen molar-refractivity contribution in [2.45, 2.75) is 25.4 Å². The van der Waals surface area contributed by atoms with Crippen LogP contribution >= 0.6 is 12.2 Å². The van der Waals surface area contributed by atoms with Gasteiger partial charge >= 0.3 is 0 Å². The molecule has 0 bridgehead atoms. The highest BCUT2D eigenvalue weighted by atomic mass is 32.1. The third-order valence-corrected chi connectivity index (χ3v) is 4.89. The molecule has 0 saturated carbocycles. The molecular weight excluding hydrogens is 360 g/mol. The Morgan fingerprint density at radius 3 is 2.70 bits per heavy atom. The number of amides is 1. The zero-order chi connectivity index (χ0) is 18.8. The number of nitrogens with zero attached hydrogens (tertiary/aromatic N) is 2. The quantitative estimate of drug-likeness (QED) is 0.666. The summed E-state index contributed by atoms with van der Waals surface area (Å²) in [5.41, 5.74) is 1.78. The van der Waals surface area contributed by atoms with Crippen LogP contribution in [0.5, 0.6) is 0 Å². The number of aromatic nitrogens is 2. The molecule has 0 radical (unpaired) electrons. The van der Waals surface area contributed by atoms with Crippen LogP contribution in [0.15, 0.2) is 54.6 Å². The molecule has 3 aromatic rings. The number of anilines is 1. The van der Waals surface area contributed by atoms with Gasteiger partial charge < -0.3 is 10.6 Å². The van der Waals surface area contributed by atoms with Crippen molar-refractivity contribution in [2.24, 2.45) is 0 Å². The number of nitrogens with one attached hydrogen (secondary N) is 2. The van der Waals surface area contributed by atoms with Crippen LogP contribution in [0.4, 0.5) is 5.82 Å². The van der Waals surface area contributed by atoms with Crippen LogP contribution in [-0.2, 0) is 11.3 Å². The normalized spacial score (nSPS) is 15.4. The standard InChI is InChI=1S/C20H18N4O2S/c25-17(21-12-13-6-2-1-3-7-13)11-10-16-19(26)24-18(22-16)14-8-4-5-9-15(14)23-20(24)27/h1-9,16,22H,10-12H2,(H,21,25)/t16-/m1/s1. The maximum atomic E-state index is 12.7. The van der Waals surface area contributed by atoms with E-state index in [0.717, 1.165) is 16.5 Å². The molecule has 1 atom stereocenters. The summed E-state index contributed by atoms with van der Waals surface area (Å²) in [7, 11) is 0. The van der Waals surface area contributed by atoms with E-state index in [9.17, 15) is 9.59 Å². The molecule has 1 aliphatic rings. The van der Waals surface area contributed by atoms with Gasteiger partial charge in [-0.05, 0) is 36.3 Å². The average Bonchev–Trinajstić information content (AvgIpc) is 3.03. The first-order chi connectivity index (χ1) is 13.1. The minimum absolute atomic E-state index is 0.0870. The SMILES string of the molecule is O=C(CC[C@H]1Nc2c3ccccc3nc(=S)n2C1=O)NCc1ccccc1. The molecule has 0 aliphatic carbocycles. The molecule has 2 N–H and O–H groups in total. The summed E-state index contributed by atoms with van der Waals surface area (Å²) >= 11 is 5.28. The summed E-state index contributed by atoms with van der Waals surface area (Å²) < 4.78 is 1.67. The van der Waals surface area contributed by atoms with Gasteiger partial charge in [0.25, 0.3) is 5.91 Å². The molecule has 1 amide bonds. The Morgan fingerprint density at radius 2 is 1.89 bits per heavy atom. The summed E-state index contributed by atoms with van der Waals surface area (Å²) in [5.74, 6) is 0.408. The second kappa shape index (κ2) is 7.28. The van der Waals surface area contributed by atoms with Gasteiger partial charge in [0, 0.05) is 18.4 Å². The molecule has 27 heavy (non-hydrogen) atoms. The number of carbonyl (C=O) groups is 2. The molecule has 7 heteroatoms. The molecule has 1 aromatic heterocycles. The fraction of sp³-hybridized carbons (Fsp3) is 0.200. The lowest BCUT2D eigenvalue weighted by atomic mass is 10.1. The Bertz CT molecular complexity index is 1080. The molecular formula is C20H18N4O2S. The predicted octanol–water partition coefficient (Wildman–Crippen LogP) is 3.30. The smallest absolute Gasteiger partial charge is 0.257 e. The van der Waals surface area contributed by atoms with Gasteiger partial charge in [0.1, 0.15) is 11.9 Å². The van der Waals surface area contributed by atoms with E-state index in [1.807, 2.05) is 54.6 Å². The Morgan fingerprint density at radius 1 is 1.15 bits per heavy atom. The summed E-state index contributed by atoms with van der Waals surface area (Å²) in [6.07, 6.45) is 0.646. The van der Waals surface area contributed by atoms with Crippen molar-refractivity contribution in [3.63, 3.8) is 0 Å². The van der Waals surface area contributed by atoms with Crippen LogP contribution in [0.2, 0.25) is 0 Å². The van der Waals surface area contributed by atoms with Gasteiger partial charge in [0.05, 0.1) is 5.52 Å². The molecule has 0 spiro atoms. The predicted molar refractivity (Wildman–Crippen MR) is 106 cm³/mol. The second-order valence-corrected chi connectivity index (χ2v) is 6.80. The third-order valence-electron chi connectivity index (χ3n) is 4.61. The van der Waals surface area contributed by atoms with Crippen LogP contribution in [-0.4, -0.2) is 27.4 Å². The molecule has 4 rings (SSSR count). The van der Waals surface area contributed by atoms with E-state index < -0.39 is 6.04 Å². The van der Waals surface area contributed by atoms with Crippen molar-refractivity contribution < 1.29 is 9.59 Å². The van der Waals surface area contributed by atoms with Gasteiger partial charge in [-0.2, -0.15) is 0 Å². The van der Waals surface area contributed by atoms with Crippen LogP contribution < -0.4 is 10.6 Å². The van der Waals surface area contributed by atoms with Gasteiger partial charge in [-0.1, -0.05) is 42.5 Å². The van der Waals surface area contributed by atoms with E-state index in [2.05, 4.69) is 15.6 Å². The summed E-state index contributed by atoms with van der Waals surface area (Å²) in [6.45, 7) is 0.478. The lowest BCUT2D eigenvalue weighted by molar-refractivity contribution is -0.121. The summed E-state index contributed by atoms with van der Waals surface area (Å²) in [4.78, 5) is 29.2. The zero-order valence-corrected chi connectivity index (χ0v) is 15.3. The van der Waals surface area contributed by atoms with E-state index in [1.165, 1.54) is 4.57 Å². The number of benzene rings is 2. The monoisotopic (exact) mass is 378 g/mol. The minimum atomic E-state index is -0.484. The molecule has 0 fully saturated rings. The number of rotatable bonds is 5. The van der Waals surface area contributed by atoms with Crippen LogP contribution in [0.1, 0.15) is 23.2 Å². The molecule has 1 aliphatic heterocycles. The Balaban J connectivity index is 1.43. The van der Waals surface area contributed by atoms with E-state index in [4.69, 9.17) is 12.2 Å². The lowest BCUT2D eigenvalue weighted by Crippen LogP contribution is -2.29. The van der Waals surface area contributed by atoms with Gasteiger partial charge in [-0.25, -0.2) is 9.55 Å². The molecule has 6 nitrogen and oxygen atoms in total. The number of fused-ring (bicyclic) bond motifs is 3. The molecule has 136 valence electrons. The molecule has 2 aromatic carbocycles. The number of hydrogen-bond donors (Lipinski definition) is 2. The van der Waals surface area contributed by atoms with Crippen molar-refractivity contribution in [2.75, 3.05) is 5.32 Å². The number of carbonyl (C=O) groups excluding carboxylic acids is 2.